The zero-order valence-electron chi connectivity index (χ0n) is 10.4. The first-order valence-corrected chi connectivity index (χ1v) is 9.73. The molecule has 0 atom stereocenters. The van der Waals surface area contributed by atoms with E-state index in [2.05, 4.69) is 0 Å². The minimum absolute atomic E-state index is 0.0710. The summed E-state index contributed by atoms with van der Waals surface area (Å²) in [7, 11) is 0.175. The summed E-state index contributed by atoms with van der Waals surface area (Å²) in [5, 5.41) is 0. The number of hydrogen-bond donors (Lipinski definition) is 1. The minimum atomic E-state index is -4.28. The lowest BCUT2D eigenvalue weighted by Gasteiger charge is -2.20. The van der Waals surface area contributed by atoms with Gasteiger partial charge in [0.05, 0.1) is 12.0 Å². The van der Waals surface area contributed by atoms with Crippen molar-refractivity contribution < 1.29 is 17.7 Å². The summed E-state index contributed by atoms with van der Waals surface area (Å²) in [6.45, 7) is 0. The fourth-order valence-electron chi connectivity index (χ4n) is 2.44. The number of ether oxygens (including phenoxy) is 1. The highest BCUT2D eigenvalue weighted by atomic mass is 32.9. The van der Waals surface area contributed by atoms with Crippen LogP contribution in [0.4, 0.5) is 0 Å². The average molecular weight is 346 g/mol. The Balaban J connectivity index is 2.43. The molecule has 106 valence electrons. The second kappa shape index (κ2) is 4.88. The van der Waals surface area contributed by atoms with Crippen molar-refractivity contribution in [1.29, 1.82) is 0 Å². The molecule has 0 saturated heterocycles. The molecule has 0 aliphatic heterocycles. The average Bonchev–Trinajstić information content (AvgIpc) is 2.78. The van der Waals surface area contributed by atoms with E-state index in [1.54, 1.807) is 13.2 Å². The standard InChI is InChI=1S/C12H10O4S4/c1-16-8-4-5-9(20(13,14)15)10-6(8)2-3-7-11(10)18-19-12(7)17/h4-5H,2-3H2,1H3,(H,13,14,15). The third kappa shape index (κ3) is 2.11. The molecule has 1 aliphatic rings. The minimum Gasteiger partial charge on any atom is -0.496 e. The van der Waals surface area contributed by atoms with E-state index in [0.29, 0.717) is 17.7 Å². The Morgan fingerprint density at radius 3 is 2.60 bits per heavy atom. The van der Waals surface area contributed by atoms with E-state index >= 15 is 0 Å². The van der Waals surface area contributed by atoms with Gasteiger partial charge in [-0.3, -0.25) is 4.55 Å². The van der Waals surface area contributed by atoms with Gasteiger partial charge in [0, 0.05) is 16.7 Å². The molecule has 0 spiro atoms. The smallest absolute Gasteiger partial charge is 0.295 e. The molecule has 1 aromatic heterocycles. The Kier molecular flexibility index (Phi) is 3.46. The Morgan fingerprint density at radius 1 is 1.25 bits per heavy atom. The Labute approximate surface area is 128 Å². The second-order valence-corrected chi connectivity index (χ2v) is 8.56. The van der Waals surface area contributed by atoms with Gasteiger partial charge in [0.15, 0.2) is 0 Å². The van der Waals surface area contributed by atoms with E-state index in [9.17, 15) is 13.0 Å². The van der Waals surface area contributed by atoms with Crippen LogP contribution in [0.25, 0.3) is 10.4 Å². The van der Waals surface area contributed by atoms with Gasteiger partial charge in [-0.25, -0.2) is 0 Å². The van der Waals surface area contributed by atoms with Gasteiger partial charge in [-0.05, 0) is 25.0 Å². The predicted octanol–water partition coefficient (Wildman–Crippen LogP) is 3.56. The summed E-state index contributed by atoms with van der Waals surface area (Å²) in [6.07, 6.45) is 1.43. The number of hydrogen-bond acceptors (Lipinski definition) is 6. The van der Waals surface area contributed by atoms with Gasteiger partial charge >= 0.3 is 0 Å². The molecule has 20 heavy (non-hydrogen) atoms. The molecule has 0 fully saturated rings. The number of benzene rings is 1. The van der Waals surface area contributed by atoms with Gasteiger partial charge in [-0.1, -0.05) is 32.9 Å². The molecule has 1 aliphatic carbocycles. The zero-order chi connectivity index (χ0) is 14.5. The molecule has 1 heterocycles. The molecule has 1 aromatic carbocycles. The van der Waals surface area contributed by atoms with Crippen LogP contribution in [-0.4, -0.2) is 20.1 Å². The predicted molar refractivity (Wildman–Crippen MR) is 82.2 cm³/mol. The Morgan fingerprint density at radius 2 is 1.95 bits per heavy atom. The lowest BCUT2D eigenvalue weighted by molar-refractivity contribution is 0.409. The van der Waals surface area contributed by atoms with Gasteiger partial charge < -0.3 is 4.74 Å². The topological polar surface area (TPSA) is 63.6 Å². The van der Waals surface area contributed by atoms with E-state index in [4.69, 9.17) is 17.0 Å². The van der Waals surface area contributed by atoms with Gasteiger partial charge in [-0.2, -0.15) is 8.42 Å². The molecule has 0 unspecified atom stereocenters. The lowest BCUT2D eigenvalue weighted by Crippen LogP contribution is -2.10. The number of rotatable bonds is 2. The number of fused-ring (bicyclic) bond motifs is 3. The summed E-state index contributed by atoms with van der Waals surface area (Å²) in [6, 6.07) is 2.97. The first kappa shape index (κ1) is 14.2. The normalized spacial score (nSPS) is 13.7. The molecular weight excluding hydrogens is 336 g/mol. The van der Waals surface area contributed by atoms with E-state index < -0.39 is 10.1 Å². The van der Waals surface area contributed by atoms with Crippen LogP contribution in [-0.2, 0) is 23.0 Å². The van der Waals surface area contributed by atoms with Crippen LogP contribution >= 0.6 is 32.9 Å². The maximum Gasteiger partial charge on any atom is 0.295 e. The van der Waals surface area contributed by atoms with Crippen molar-refractivity contribution in [2.75, 3.05) is 7.11 Å². The lowest BCUT2D eigenvalue weighted by atomic mass is 9.91. The number of methoxy groups -OCH3 is 1. The summed E-state index contributed by atoms with van der Waals surface area (Å²) in [5.74, 6) is 0.641. The monoisotopic (exact) mass is 346 g/mol. The highest BCUT2D eigenvalue weighted by molar-refractivity contribution is 7.86. The van der Waals surface area contributed by atoms with Crippen LogP contribution in [0.5, 0.6) is 5.75 Å². The molecular formula is C12H10O4S4. The fraction of sp³-hybridized carbons (Fsp3) is 0.250. The van der Waals surface area contributed by atoms with E-state index in [1.807, 2.05) is 0 Å². The van der Waals surface area contributed by atoms with Crippen LogP contribution < -0.4 is 4.74 Å². The van der Waals surface area contributed by atoms with Gasteiger partial charge in [-0.15, -0.1) is 0 Å². The SMILES string of the molecule is COc1ccc(S(=O)(=O)O)c2c1CCc1c-2ssc1=S. The first-order valence-electron chi connectivity index (χ1n) is 5.73. The third-order valence-electron chi connectivity index (χ3n) is 3.30. The van der Waals surface area contributed by atoms with Crippen molar-refractivity contribution in [3.8, 4) is 16.2 Å². The zero-order valence-corrected chi connectivity index (χ0v) is 13.6. The van der Waals surface area contributed by atoms with Crippen LogP contribution in [0, 0.1) is 3.82 Å². The van der Waals surface area contributed by atoms with Crippen LogP contribution in [0.3, 0.4) is 0 Å². The molecule has 0 radical (unpaired) electrons. The van der Waals surface area contributed by atoms with Crippen molar-refractivity contribution in [3.63, 3.8) is 0 Å². The molecule has 0 amide bonds. The van der Waals surface area contributed by atoms with Crippen LogP contribution in [0.15, 0.2) is 17.0 Å². The van der Waals surface area contributed by atoms with Gasteiger partial charge in [0.25, 0.3) is 10.1 Å². The molecule has 3 rings (SSSR count). The first-order chi connectivity index (χ1) is 9.43. The van der Waals surface area contributed by atoms with Crippen molar-refractivity contribution in [3.05, 3.63) is 27.1 Å². The molecule has 8 heteroatoms. The molecule has 2 aromatic rings. The summed E-state index contributed by atoms with van der Waals surface area (Å²) >= 11 is 5.28. The second-order valence-electron chi connectivity index (χ2n) is 4.36. The van der Waals surface area contributed by atoms with Crippen molar-refractivity contribution in [2.24, 2.45) is 0 Å². The summed E-state index contributed by atoms with van der Waals surface area (Å²) in [4.78, 5) is 0.770. The largest absolute Gasteiger partial charge is 0.496 e. The Bertz CT molecular complexity index is 845. The molecule has 0 saturated carbocycles. The van der Waals surface area contributed by atoms with Gasteiger partial charge in [0.1, 0.15) is 14.5 Å². The molecule has 4 nitrogen and oxygen atoms in total. The van der Waals surface area contributed by atoms with Gasteiger partial charge in [0.2, 0.25) is 0 Å². The van der Waals surface area contributed by atoms with E-state index in [1.165, 1.54) is 26.7 Å². The van der Waals surface area contributed by atoms with E-state index in [0.717, 1.165) is 26.2 Å². The fourth-order valence-corrected chi connectivity index (χ4v) is 6.28. The quantitative estimate of drug-likeness (QED) is 0.512. The van der Waals surface area contributed by atoms with Crippen LogP contribution in [0.1, 0.15) is 11.1 Å². The van der Waals surface area contributed by atoms with Crippen molar-refractivity contribution >= 4 is 43.0 Å². The van der Waals surface area contributed by atoms with Crippen molar-refractivity contribution in [1.82, 2.24) is 0 Å². The highest BCUT2D eigenvalue weighted by Crippen LogP contribution is 2.46. The van der Waals surface area contributed by atoms with Crippen LogP contribution in [0.2, 0.25) is 0 Å². The molecule has 1 N–H and O–H groups in total. The summed E-state index contributed by atoms with van der Waals surface area (Å²) in [5.41, 5.74) is 2.37. The maximum absolute atomic E-state index is 11.6. The van der Waals surface area contributed by atoms with Crippen molar-refractivity contribution in [2.45, 2.75) is 17.7 Å². The molecule has 0 bridgehead atoms. The third-order valence-corrected chi connectivity index (χ3v) is 7.36. The highest BCUT2D eigenvalue weighted by Gasteiger charge is 2.29. The summed E-state index contributed by atoms with van der Waals surface area (Å²) < 4.78 is 38.8. The maximum atomic E-state index is 11.6. The Hall–Kier alpha value is -0.800. The van der Waals surface area contributed by atoms with E-state index in [-0.39, 0.29) is 4.90 Å².